The molecule has 0 spiro atoms. The van der Waals surface area contributed by atoms with Crippen LogP contribution in [-0.4, -0.2) is 11.1 Å². The van der Waals surface area contributed by atoms with Crippen LogP contribution in [0.15, 0.2) is 84.9 Å². The van der Waals surface area contributed by atoms with Crippen LogP contribution in [0.3, 0.4) is 0 Å². The molecule has 0 saturated carbocycles. The van der Waals surface area contributed by atoms with E-state index in [1.54, 1.807) is 0 Å². The number of carbonyl (C=O) groups is 1. The zero-order chi connectivity index (χ0) is 16.8. The fourth-order valence-electron chi connectivity index (χ4n) is 2.65. The predicted molar refractivity (Wildman–Crippen MR) is 90.8 cm³/mol. The van der Waals surface area contributed by atoms with Gasteiger partial charge < -0.3 is 5.11 Å². The lowest BCUT2D eigenvalue weighted by atomic mass is 9.89. The van der Waals surface area contributed by atoms with E-state index in [0.29, 0.717) is 0 Å². The monoisotopic (exact) mass is 429 g/mol. The highest BCUT2D eigenvalue weighted by Crippen LogP contribution is 2.27. The Labute approximate surface area is 152 Å². The maximum atomic E-state index is 11.3. The van der Waals surface area contributed by atoms with E-state index in [1.165, 1.54) is 7.14 Å². The summed E-state index contributed by atoms with van der Waals surface area (Å²) in [5.74, 6) is -0.877. The lowest BCUT2D eigenvalue weighted by Crippen LogP contribution is -3.61. The van der Waals surface area contributed by atoms with E-state index in [2.05, 4.69) is 48.5 Å². The average Bonchev–Trinajstić information content (AvgIpc) is 2.62. The lowest BCUT2D eigenvalue weighted by Gasteiger charge is -2.15. The number of benzene rings is 3. The van der Waals surface area contributed by atoms with E-state index in [-0.39, 0.29) is 33.5 Å². The maximum absolute atomic E-state index is 11.3. The summed E-state index contributed by atoms with van der Waals surface area (Å²) in [6.07, 6.45) is 0.108. The molecule has 0 radical (unpaired) electrons. The molecular formula is C21H18IO2+. The van der Waals surface area contributed by atoms with Crippen molar-refractivity contribution >= 4 is 5.97 Å². The number of carboxylic acids is 1. The molecule has 0 aliphatic rings. The Morgan fingerprint density at radius 2 is 1.25 bits per heavy atom. The van der Waals surface area contributed by atoms with Crippen LogP contribution in [-0.2, 0) is 4.79 Å². The highest BCUT2D eigenvalue weighted by Gasteiger charge is 2.20. The van der Waals surface area contributed by atoms with Crippen LogP contribution >= 0.6 is 0 Å². The molecule has 1 atom stereocenters. The molecule has 0 bridgehead atoms. The normalized spacial score (nSPS) is 11.8. The third-order valence-corrected chi connectivity index (χ3v) is 6.49. The first-order valence-electron chi connectivity index (χ1n) is 7.79. The molecule has 0 amide bonds. The van der Waals surface area contributed by atoms with Gasteiger partial charge in [0.05, 0.1) is 6.42 Å². The minimum absolute atomic E-state index is 0.104. The first kappa shape index (κ1) is 16.7. The molecule has 0 fully saturated rings. The van der Waals surface area contributed by atoms with Gasteiger partial charge in [0.25, 0.3) is 0 Å². The average molecular weight is 429 g/mol. The first-order chi connectivity index (χ1) is 11.7. The predicted octanol–water partition coefficient (Wildman–Crippen LogP) is 1.42. The van der Waals surface area contributed by atoms with Gasteiger partial charge in [-0.2, -0.15) is 0 Å². The largest absolute Gasteiger partial charge is 0.481 e. The molecule has 0 heterocycles. The highest BCUT2D eigenvalue weighted by molar-refractivity contribution is 5.69. The smallest absolute Gasteiger partial charge is 0.357 e. The van der Waals surface area contributed by atoms with Gasteiger partial charge in [-0.25, -0.2) is 0 Å². The Morgan fingerprint density at radius 3 is 1.83 bits per heavy atom. The molecule has 0 aromatic heterocycles. The summed E-state index contributed by atoms with van der Waals surface area (Å²) in [4.78, 5) is 11.3. The van der Waals surface area contributed by atoms with E-state index < -0.39 is 5.97 Å². The Bertz CT molecular complexity index is 783. The minimum Gasteiger partial charge on any atom is -0.481 e. The van der Waals surface area contributed by atoms with Gasteiger partial charge in [-0.05, 0) is 35.4 Å². The van der Waals surface area contributed by atoms with Crippen molar-refractivity contribution in [1.82, 2.24) is 0 Å². The summed E-state index contributed by atoms with van der Waals surface area (Å²) in [5, 5.41) is 9.26. The molecule has 3 aromatic carbocycles. The summed E-state index contributed by atoms with van der Waals surface area (Å²) >= 11 is -0.193. The van der Waals surface area contributed by atoms with Crippen molar-refractivity contribution in [2.24, 2.45) is 0 Å². The van der Waals surface area contributed by atoms with Gasteiger partial charge >= 0.3 is 27.2 Å². The molecule has 120 valence electrons. The van der Waals surface area contributed by atoms with Crippen LogP contribution in [0.5, 0.6) is 0 Å². The van der Waals surface area contributed by atoms with Crippen LogP contribution in [0, 0.1) is 7.14 Å². The highest BCUT2D eigenvalue weighted by atomic mass is 127. The standard InChI is InChI=1S/C21H17IO2/c23-21(24)15-20(16-7-3-1-4-8-16)17-11-13-19(14-12-17)22-18-9-5-2-6-10-18/h1-14,20H,15H2/p+1. The van der Waals surface area contributed by atoms with Crippen LogP contribution in [0.4, 0.5) is 0 Å². The third kappa shape index (κ3) is 4.45. The van der Waals surface area contributed by atoms with Crippen molar-refractivity contribution in [3.05, 3.63) is 103 Å². The zero-order valence-corrected chi connectivity index (χ0v) is 15.3. The Kier molecular flexibility index (Phi) is 5.64. The molecule has 24 heavy (non-hydrogen) atoms. The van der Waals surface area contributed by atoms with Crippen molar-refractivity contribution in [2.75, 3.05) is 0 Å². The zero-order valence-electron chi connectivity index (χ0n) is 13.1. The number of carboxylic acid groups (broad SMARTS) is 1. The molecule has 3 aromatic rings. The minimum atomic E-state index is -0.773. The molecule has 3 rings (SSSR count). The fraction of sp³-hybridized carbons (Fsp3) is 0.0952. The molecule has 0 saturated heterocycles. The number of hydrogen-bond donors (Lipinski definition) is 1. The van der Waals surface area contributed by atoms with Gasteiger partial charge in [0.15, 0.2) is 7.14 Å². The van der Waals surface area contributed by atoms with Gasteiger partial charge in [0.1, 0.15) is 0 Å². The second kappa shape index (κ2) is 8.11. The van der Waals surface area contributed by atoms with Gasteiger partial charge in [-0.3, -0.25) is 4.79 Å². The molecular weight excluding hydrogens is 411 g/mol. The maximum Gasteiger partial charge on any atom is 0.357 e. The molecule has 0 aliphatic heterocycles. The molecule has 0 aliphatic carbocycles. The number of aliphatic carboxylic acids is 1. The summed E-state index contributed by atoms with van der Waals surface area (Å²) in [6.45, 7) is 0. The van der Waals surface area contributed by atoms with Crippen molar-refractivity contribution < 1.29 is 31.1 Å². The summed E-state index contributed by atoms with van der Waals surface area (Å²) < 4.78 is 2.72. The van der Waals surface area contributed by atoms with E-state index >= 15 is 0 Å². The first-order valence-corrected chi connectivity index (χ1v) is 9.95. The molecule has 3 heteroatoms. The number of halogens is 1. The van der Waals surface area contributed by atoms with Crippen molar-refractivity contribution in [1.29, 1.82) is 0 Å². The topological polar surface area (TPSA) is 37.3 Å². The quantitative estimate of drug-likeness (QED) is 0.603. The second-order valence-electron chi connectivity index (χ2n) is 5.50. The van der Waals surface area contributed by atoms with Crippen LogP contribution < -0.4 is 21.2 Å². The van der Waals surface area contributed by atoms with Gasteiger partial charge in [-0.15, -0.1) is 0 Å². The lowest BCUT2D eigenvalue weighted by molar-refractivity contribution is -0.597. The Hall–Kier alpha value is -2.14. The SMILES string of the molecule is O=C(O)CC(c1ccccc1)c1ccc([I+]c2ccccc2)cc1. The Morgan fingerprint density at radius 1 is 0.750 bits per heavy atom. The van der Waals surface area contributed by atoms with Crippen LogP contribution in [0.1, 0.15) is 23.5 Å². The number of hydrogen-bond acceptors (Lipinski definition) is 1. The van der Waals surface area contributed by atoms with E-state index in [9.17, 15) is 9.90 Å². The van der Waals surface area contributed by atoms with Gasteiger partial charge in [0, 0.05) is 5.92 Å². The van der Waals surface area contributed by atoms with Crippen molar-refractivity contribution in [3.63, 3.8) is 0 Å². The van der Waals surface area contributed by atoms with Crippen molar-refractivity contribution in [2.45, 2.75) is 12.3 Å². The Balaban J connectivity index is 1.82. The molecule has 2 nitrogen and oxygen atoms in total. The van der Waals surface area contributed by atoms with E-state index in [4.69, 9.17) is 0 Å². The number of rotatable bonds is 6. The fourth-order valence-corrected chi connectivity index (χ4v) is 4.86. The summed E-state index contributed by atoms with van der Waals surface area (Å²) in [7, 11) is 0. The van der Waals surface area contributed by atoms with E-state index in [0.717, 1.165) is 11.1 Å². The van der Waals surface area contributed by atoms with E-state index in [1.807, 2.05) is 36.4 Å². The third-order valence-electron chi connectivity index (χ3n) is 3.80. The van der Waals surface area contributed by atoms with Crippen LogP contribution in [0.25, 0.3) is 0 Å². The van der Waals surface area contributed by atoms with Gasteiger partial charge in [0.2, 0.25) is 0 Å². The molecule has 1 N–H and O–H groups in total. The summed E-state index contributed by atoms with van der Waals surface area (Å²) in [5.41, 5.74) is 2.11. The van der Waals surface area contributed by atoms with Gasteiger partial charge in [-0.1, -0.05) is 60.7 Å². The van der Waals surface area contributed by atoms with Crippen LogP contribution in [0.2, 0.25) is 0 Å². The molecule has 1 unspecified atom stereocenters. The second-order valence-corrected chi connectivity index (χ2v) is 8.53. The summed E-state index contributed by atoms with van der Waals surface area (Å²) in [6, 6.07) is 28.8. The van der Waals surface area contributed by atoms with Crippen molar-refractivity contribution in [3.8, 4) is 0 Å².